The van der Waals surface area contributed by atoms with Gasteiger partial charge in [-0.05, 0) is 25.8 Å². The van der Waals surface area contributed by atoms with Crippen LogP contribution in [0.3, 0.4) is 0 Å². The first kappa shape index (κ1) is 21.7. The van der Waals surface area contributed by atoms with Gasteiger partial charge < -0.3 is 4.74 Å². The number of rotatable bonds is 6. The van der Waals surface area contributed by atoms with E-state index in [1.54, 1.807) is 0 Å². The average Bonchev–Trinajstić information content (AvgIpc) is 2.45. The minimum Gasteiger partial charge on any atom is -0.460 e. The van der Waals surface area contributed by atoms with Gasteiger partial charge in [-0.2, -0.15) is 0 Å². The summed E-state index contributed by atoms with van der Waals surface area (Å²) in [4.78, 5) is 11.9. The molecule has 0 saturated heterocycles. The summed E-state index contributed by atoms with van der Waals surface area (Å²) < 4.78 is 5.35. The van der Waals surface area contributed by atoms with Crippen molar-refractivity contribution in [2.24, 2.45) is 5.41 Å². The van der Waals surface area contributed by atoms with Crippen LogP contribution < -0.4 is 0 Å². The lowest BCUT2D eigenvalue weighted by Gasteiger charge is -2.22. The van der Waals surface area contributed by atoms with Gasteiger partial charge in [0.25, 0.3) is 0 Å². The minimum atomic E-state index is -0.370. The van der Waals surface area contributed by atoms with Crippen LogP contribution in [0.15, 0.2) is 30.3 Å². The predicted molar refractivity (Wildman–Crippen MR) is 96.3 cm³/mol. The molecule has 0 aliphatic rings. The van der Waals surface area contributed by atoms with E-state index in [4.69, 9.17) is 4.74 Å². The lowest BCUT2D eigenvalue weighted by molar-refractivity contribution is -0.155. The minimum absolute atomic E-state index is 0. The molecule has 0 spiro atoms. The molecular weight excluding hydrogens is 363 g/mol. The zero-order valence-corrected chi connectivity index (χ0v) is 15.8. The maximum Gasteiger partial charge on any atom is 0.311 e. The van der Waals surface area contributed by atoms with Crippen molar-refractivity contribution in [3.8, 4) is 0 Å². The number of esters is 1. The Kier molecular flexibility index (Phi) is 13.2. The number of halogens is 1. The molecule has 0 saturated carbocycles. The fraction of sp³-hybridized carbons (Fsp3) is 0.588. The Balaban J connectivity index is 0. The molecule has 20 heavy (non-hydrogen) atoms. The molecule has 0 unspecified atom stereocenters. The first-order chi connectivity index (χ1) is 9.06. The molecule has 2 nitrogen and oxygen atoms in total. The van der Waals surface area contributed by atoms with Crippen LogP contribution in [-0.2, 0) is 16.1 Å². The van der Waals surface area contributed by atoms with Crippen molar-refractivity contribution in [1.29, 1.82) is 0 Å². The second kappa shape index (κ2) is 12.2. The number of ether oxygens (including phenoxy) is 1. The Labute approximate surface area is 141 Å². The topological polar surface area (TPSA) is 26.3 Å². The molecule has 0 atom stereocenters. The van der Waals surface area contributed by atoms with Crippen LogP contribution in [0.25, 0.3) is 0 Å². The van der Waals surface area contributed by atoms with Crippen LogP contribution in [0.5, 0.6) is 0 Å². The molecule has 1 rings (SSSR count). The second-order valence-corrected chi connectivity index (χ2v) is 5.05. The highest BCUT2D eigenvalue weighted by atomic mass is 127. The fourth-order valence-corrected chi connectivity index (χ4v) is 1.64. The number of hydrogen-bond donors (Lipinski definition) is 0. The van der Waals surface area contributed by atoms with Gasteiger partial charge in [0, 0.05) is 0 Å². The first-order valence-electron chi connectivity index (χ1n) is 7.27. The Hall–Kier alpha value is -0.580. The molecule has 1 aromatic carbocycles. The van der Waals surface area contributed by atoms with Gasteiger partial charge >= 0.3 is 5.97 Å². The van der Waals surface area contributed by atoms with Crippen molar-refractivity contribution in [1.82, 2.24) is 0 Å². The molecule has 0 heterocycles. The Morgan fingerprint density at radius 1 is 1.15 bits per heavy atom. The van der Waals surface area contributed by atoms with Gasteiger partial charge in [-0.25, -0.2) is 0 Å². The quantitative estimate of drug-likeness (QED) is 0.466. The Bertz CT molecular complexity index is 347. The predicted octanol–water partition coefficient (Wildman–Crippen LogP) is 5.59. The molecule has 116 valence electrons. The molecular formula is C17H29IO2. The number of carbonyl (C=O) groups excluding carboxylic acids is 1. The summed E-state index contributed by atoms with van der Waals surface area (Å²) in [6, 6.07) is 9.78. The van der Waals surface area contributed by atoms with Gasteiger partial charge in [0.05, 0.1) is 5.41 Å². The standard InChI is InChI=1S/C15H22O2.C2H6.HI/c1-4-5-11-15(2,3)14(16)17-12-13-9-7-6-8-10-13;1-2;/h6-10H,4-5,11-12H2,1-3H3;1-2H3;1H. The Morgan fingerprint density at radius 3 is 2.20 bits per heavy atom. The summed E-state index contributed by atoms with van der Waals surface area (Å²) in [7, 11) is 0. The number of hydrogen-bond acceptors (Lipinski definition) is 2. The molecule has 1 aromatic rings. The van der Waals surface area contributed by atoms with Crippen LogP contribution in [0.4, 0.5) is 0 Å². The summed E-state index contributed by atoms with van der Waals surface area (Å²) in [6.45, 7) is 10.4. The lowest BCUT2D eigenvalue weighted by Crippen LogP contribution is -2.26. The van der Waals surface area contributed by atoms with Crippen molar-refractivity contribution in [2.75, 3.05) is 0 Å². The van der Waals surface area contributed by atoms with Crippen molar-refractivity contribution in [3.63, 3.8) is 0 Å². The summed E-state index contributed by atoms with van der Waals surface area (Å²) in [5, 5.41) is 0. The normalized spacial score (nSPS) is 9.85. The number of benzene rings is 1. The largest absolute Gasteiger partial charge is 0.460 e. The number of unbranched alkanes of at least 4 members (excludes halogenated alkanes) is 1. The third kappa shape index (κ3) is 8.56. The molecule has 0 aromatic heterocycles. The molecule has 0 amide bonds. The smallest absolute Gasteiger partial charge is 0.311 e. The van der Waals surface area contributed by atoms with Gasteiger partial charge in [-0.1, -0.05) is 63.9 Å². The second-order valence-electron chi connectivity index (χ2n) is 5.05. The molecule has 0 aliphatic carbocycles. The number of carbonyl (C=O) groups is 1. The maximum absolute atomic E-state index is 11.9. The molecule has 0 N–H and O–H groups in total. The van der Waals surface area contributed by atoms with Crippen molar-refractivity contribution >= 4 is 29.9 Å². The van der Waals surface area contributed by atoms with Gasteiger partial charge in [-0.15, -0.1) is 24.0 Å². The van der Waals surface area contributed by atoms with Crippen LogP contribution in [-0.4, -0.2) is 5.97 Å². The van der Waals surface area contributed by atoms with E-state index in [1.165, 1.54) is 0 Å². The summed E-state index contributed by atoms with van der Waals surface area (Å²) in [5.41, 5.74) is 0.664. The van der Waals surface area contributed by atoms with E-state index < -0.39 is 0 Å². The summed E-state index contributed by atoms with van der Waals surface area (Å²) in [5.74, 6) is -0.102. The van der Waals surface area contributed by atoms with Crippen molar-refractivity contribution in [3.05, 3.63) is 35.9 Å². The zero-order chi connectivity index (χ0) is 14.7. The molecule has 0 aliphatic heterocycles. The van der Waals surface area contributed by atoms with E-state index in [-0.39, 0.29) is 35.4 Å². The van der Waals surface area contributed by atoms with E-state index in [0.717, 1.165) is 24.8 Å². The van der Waals surface area contributed by atoms with Gasteiger partial charge in [0.15, 0.2) is 0 Å². The molecule has 0 bridgehead atoms. The van der Waals surface area contributed by atoms with Crippen LogP contribution in [0.2, 0.25) is 0 Å². The fourth-order valence-electron chi connectivity index (χ4n) is 1.64. The molecule has 0 radical (unpaired) electrons. The van der Waals surface area contributed by atoms with Gasteiger partial charge in [-0.3, -0.25) is 4.79 Å². The van der Waals surface area contributed by atoms with E-state index in [0.29, 0.717) is 6.61 Å². The van der Waals surface area contributed by atoms with E-state index in [1.807, 2.05) is 58.0 Å². The first-order valence-corrected chi connectivity index (χ1v) is 7.27. The van der Waals surface area contributed by atoms with Crippen molar-refractivity contribution < 1.29 is 9.53 Å². The van der Waals surface area contributed by atoms with Crippen LogP contribution in [0.1, 0.15) is 59.4 Å². The zero-order valence-electron chi connectivity index (χ0n) is 13.4. The highest BCUT2D eigenvalue weighted by molar-refractivity contribution is 14.0. The van der Waals surface area contributed by atoms with Crippen molar-refractivity contribution in [2.45, 2.75) is 60.5 Å². The van der Waals surface area contributed by atoms with Crippen LogP contribution >= 0.6 is 24.0 Å². The van der Waals surface area contributed by atoms with E-state index >= 15 is 0 Å². The maximum atomic E-state index is 11.9. The monoisotopic (exact) mass is 392 g/mol. The third-order valence-electron chi connectivity index (χ3n) is 2.92. The third-order valence-corrected chi connectivity index (χ3v) is 2.92. The Morgan fingerprint density at radius 2 is 1.70 bits per heavy atom. The SMILES string of the molecule is CC.CCCCC(C)(C)C(=O)OCc1ccccc1.I. The van der Waals surface area contributed by atoms with Gasteiger partial charge in [0.2, 0.25) is 0 Å². The summed E-state index contributed by atoms with van der Waals surface area (Å²) in [6.07, 6.45) is 3.06. The highest BCUT2D eigenvalue weighted by Crippen LogP contribution is 2.25. The van der Waals surface area contributed by atoms with Gasteiger partial charge in [0.1, 0.15) is 6.61 Å². The molecule has 0 fully saturated rings. The average molecular weight is 392 g/mol. The highest BCUT2D eigenvalue weighted by Gasteiger charge is 2.28. The van der Waals surface area contributed by atoms with E-state index in [9.17, 15) is 4.79 Å². The molecule has 3 heteroatoms. The summed E-state index contributed by atoms with van der Waals surface area (Å²) >= 11 is 0. The lowest BCUT2D eigenvalue weighted by atomic mass is 9.87. The van der Waals surface area contributed by atoms with E-state index in [2.05, 4.69) is 6.92 Å². The van der Waals surface area contributed by atoms with Crippen LogP contribution in [0, 0.1) is 5.41 Å².